The number of carbonyl (C=O) groups excluding carboxylic acids is 2. The van der Waals surface area contributed by atoms with Crippen molar-refractivity contribution in [2.75, 3.05) is 0 Å². The summed E-state index contributed by atoms with van der Waals surface area (Å²) in [4.78, 5) is 32.9. The van der Waals surface area contributed by atoms with E-state index in [0.717, 1.165) is 29.6 Å². The minimum Gasteiger partial charge on any atom is -0.319 e. The first-order valence-corrected chi connectivity index (χ1v) is 9.60. The third-order valence-corrected chi connectivity index (χ3v) is 6.29. The number of pyridine rings is 1. The van der Waals surface area contributed by atoms with Crippen LogP contribution in [0.15, 0.2) is 36.0 Å². The molecule has 1 saturated heterocycles. The number of aryl methyl sites for hydroxylation is 2. The molecule has 0 unspecified atom stereocenters. The number of carbonyl (C=O) groups is 2. The Morgan fingerprint density at radius 1 is 1.27 bits per heavy atom. The third kappa shape index (κ3) is 2.13. The standard InChI is InChI=1S/C19H18N4O2S/c1-12-4-5-16-20-13(10-22(16)9-12)11-23-17(24)19(21-18(23)25)7-2-3-15-14(19)6-8-26-15/h4-6,8-10H,2-3,7,11H2,1H3,(H,21,25)/t19-/m0/s1. The zero-order valence-electron chi connectivity index (χ0n) is 14.4. The number of hydrogen-bond donors (Lipinski definition) is 1. The van der Waals surface area contributed by atoms with Crippen LogP contribution in [0.4, 0.5) is 4.79 Å². The summed E-state index contributed by atoms with van der Waals surface area (Å²) in [6, 6.07) is 5.58. The molecule has 7 heteroatoms. The minimum absolute atomic E-state index is 0.157. The van der Waals surface area contributed by atoms with Crippen molar-refractivity contribution in [2.24, 2.45) is 0 Å². The highest BCUT2D eigenvalue weighted by atomic mass is 32.1. The second-order valence-corrected chi connectivity index (χ2v) is 8.04. The van der Waals surface area contributed by atoms with Crippen molar-refractivity contribution in [3.05, 3.63) is 57.7 Å². The van der Waals surface area contributed by atoms with Gasteiger partial charge in [-0.05, 0) is 49.3 Å². The van der Waals surface area contributed by atoms with Gasteiger partial charge in [0.25, 0.3) is 5.91 Å². The summed E-state index contributed by atoms with van der Waals surface area (Å²) < 4.78 is 1.93. The molecule has 1 aliphatic carbocycles. The van der Waals surface area contributed by atoms with Crippen LogP contribution in [0.25, 0.3) is 5.65 Å². The number of urea groups is 1. The van der Waals surface area contributed by atoms with Gasteiger partial charge in [-0.25, -0.2) is 9.78 Å². The SMILES string of the molecule is Cc1ccc2nc(CN3C(=O)N[C@]4(CCCc5sccc54)C3=O)cn2c1. The predicted octanol–water partition coefficient (Wildman–Crippen LogP) is 2.99. The van der Waals surface area contributed by atoms with E-state index >= 15 is 0 Å². The fraction of sp³-hybridized carbons (Fsp3) is 0.316. The Labute approximate surface area is 154 Å². The summed E-state index contributed by atoms with van der Waals surface area (Å²) in [5.41, 5.74) is 2.73. The summed E-state index contributed by atoms with van der Waals surface area (Å²) in [6.45, 7) is 2.20. The van der Waals surface area contributed by atoms with Crippen LogP contribution in [-0.2, 0) is 23.3 Å². The number of rotatable bonds is 2. The van der Waals surface area contributed by atoms with Crippen LogP contribution in [-0.4, -0.2) is 26.2 Å². The lowest BCUT2D eigenvalue weighted by Gasteiger charge is -2.31. The number of thiophene rings is 1. The fourth-order valence-electron chi connectivity index (χ4n) is 4.08. The van der Waals surface area contributed by atoms with E-state index in [1.54, 1.807) is 11.3 Å². The zero-order valence-corrected chi connectivity index (χ0v) is 15.2. The van der Waals surface area contributed by atoms with Crippen LogP contribution < -0.4 is 5.32 Å². The molecule has 1 atom stereocenters. The van der Waals surface area contributed by atoms with Crippen LogP contribution in [0.2, 0.25) is 0 Å². The maximum Gasteiger partial charge on any atom is 0.325 e. The fourth-order valence-corrected chi connectivity index (χ4v) is 5.08. The van der Waals surface area contributed by atoms with Crippen molar-refractivity contribution in [1.29, 1.82) is 0 Å². The van der Waals surface area contributed by atoms with Crippen LogP contribution in [0.3, 0.4) is 0 Å². The number of hydrogen-bond acceptors (Lipinski definition) is 4. The molecule has 3 aromatic rings. The second kappa shape index (κ2) is 5.41. The predicted molar refractivity (Wildman–Crippen MR) is 97.9 cm³/mol. The Bertz CT molecular complexity index is 1050. The van der Waals surface area contributed by atoms with Gasteiger partial charge in [0, 0.05) is 22.8 Å². The zero-order chi connectivity index (χ0) is 17.9. The first kappa shape index (κ1) is 15.6. The minimum atomic E-state index is -0.888. The van der Waals surface area contributed by atoms with Crippen molar-refractivity contribution in [2.45, 2.75) is 38.3 Å². The van der Waals surface area contributed by atoms with E-state index in [1.807, 2.05) is 47.3 Å². The highest BCUT2D eigenvalue weighted by Crippen LogP contribution is 2.42. The maximum absolute atomic E-state index is 13.2. The summed E-state index contributed by atoms with van der Waals surface area (Å²) in [5.74, 6) is -0.157. The van der Waals surface area contributed by atoms with E-state index in [9.17, 15) is 9.59 Å². The highest BCUT2D eigenvalue weighted by molar-refractivity contribution is 7.10. The number of imide groups is 1. The molecule has 132 valence electrons. The molecule has 0 radical (unpaired) electrons. The summed E-state index contributed by atoms with van der Waals surface area (Å²) in [7, 11) is 0. The molecule has 1 N–H and O–H groups in total. The van der Waals surface area contributed by atoms with E-state index in [2.05, 4.69) is 10.3 Å². The van der Waals surface area contributed by atoms with E-state index in [4.69, 9.17) is 0 Å². The topological polar surface area (TPSA) is 66.7 Å². The first-order valence-electron chi connectivity index (χ1n) is 8.72. The molecule has 4 heterocycles. The van der Waals surface area contributed by atoms with E-state index in [1.165, 1.54) is 9.78 Å². The van der Waals surface area contributed by atoms with Gasteiger partial charge in [-0.2, -0.15) is 0 Å². The quantitative estimate of drug-likeness (QED) is 0.709. The molecular weight excluding hydrogens is 348 g/mol. The van der Waals surface area contributed by atoms with Crippen molar-refractivity contribution < 1.29 is 9.59 Å². The van der Waals surface area contributed by atoms with Crippen molar-refractivity contribution in [3.8, 4) is 0 Å². The van der Waals surface area contributed by atoms with Gasteiger partial charge >= 0.3 is 6.03 Å². The van der Waals surface area contributed by atoms with Gasteiger partial charge in [-0.3, -0.25) is 9.69 Å². The molecule has 5 rings (SSSR count). The number of imidazole rings is 1. The van der Waals surface area contributed by atoms with Crippen molar-refractivity contribution >= 4 is 28.9 Å². The molecule has 1 aliphatic heterocycles. The Hall–Kier alpha value is -2.67. The Kier molecular flexibility index (Phi) is 3.24. The van der Waals surface area contributed by atoms with E-state index < -0.39 is 5.54 Å². The van der Waals surface area contributed by atoms with Crippen molar-refractivity contribution in [3.63, 3.8) is 0 Å². The Morgan fingerprint density at radius 3 is 3.04 bits per heavy atom. The van der Waals surface area contributed by atoms with E-state index in [0.29, 0.717) is 12.1 Å². The lowest BCUT2D eigenvalue weighted by atomic mass is 9.80. The monoisotopic (exact) mass is 366 g/mol. The van der Waals surface area contributed by atoms with Gasteiger partial charge in [-0.1, -0.05) is 6.07 Å². The Balaban J connectivity index is 1.49. The van der Waals surface area contributed by atoms with Gasteiger partial charge in [-0.15, -0.1) is 11.3 Å². The first-order chi connectivity index (χ1) is 12.6. The summed E-state index contributed by atoms with van der Waals surface area (Å²) >= 11 is 1.66. The third-order valence-electron chi connectivity index (χ3n) is 5.31. The van der Waals surface area contributed by atoms with E-state index in [-0.39, 0.29) is 18.5 Å². The molecule has 3 amide bonds. The molecule has 0 bridgehead atoms. The number of nitrogens with one attached hydrogen (secondary N) is 1. The van der Waals surface area contributed by atoms with Crippen LogP contribution in [0.5, 0.6) is 0 Å². The second-order valence-electron chi connectivity index (χ2n) is 7.04. The molecule has 3 aromatic heterocycles. The van der Waals surface area contributed by atoms with Gasteiger partial charge < -0.3 is 9.72 Å². The lowest BCUT2D eigenvalue weighted by molar-refractivity contribution is -0.132. The molecule has 0 aromatic carbocycles. The van der Waals surface area contributed by atoms with Gasteiger partial charge in [0.2, 0.25) is 0 Å². The smallest absolute Gasteiger partial charge is 0.319 e. The van der Waals surface area contributed by atoms with Gasteiger partial charge in [0.15, 0.2) is 0 Å². The number of amides is 3. The van der Waals surface area contributed by atoms with Gasteiger partial charge in [0.1, 0.15) is 11.2 Å². The maximum atomic E-state index is 13.2. The van der Waals surface area contributed by atoms with Crippen LogP contribution in [0, 0.1) is 6.92 Å². The molecule has 6 nitrogen and oxygen atoms in total. The molecule has 26 heavy (non-hydrogen) atoms. The van der Waals surface area contributed by atoms with Crippen LogP contribution >= 0.6 is 11.3 Å². The normalized spacial score (nSPS) is 22.3. The van der Waals surface area contributed by atoms with Gasteiger partial charge in [0.05, 0.1) is 12.2 Å². The molecule has 1 fully saturated rings. The Morgan fingerprint density at radius 2 is 2.15 bits per heavy atom. The van der Waals surface area contributed by atoms with Crippen LogP contribution in [0.1, 0.15) is 34.5 Å². The number of nitrogens with zero attached hydrogens (tertiary/aromatic N) is 3. The molecule has 0 saturated carbocycles. The summed E-state index contributed by atoms with van der Waals surface area (Å²) in [6.07, 6.45) is 6.40. The average molecular weight is 366 g/mol. The summed E-state index contributed by atoms with van der Waals surface area (Å²) in [5, 5.41) is 4.99. The highest BCUT2D eigenvalue weighted by Gasteiger charge is 2.54. The number of aromatic nitrogens is 2. The van der Waals surface area contributed by atoms with Crippen molar-refractivity contribution in [1.82, 2.24) is 19.6 Å². The number of fused-ring (bicyclic) bond motifs is 3. The lowest BCUT2D eigenvalue weighted by Crippen LogP contribution is -2.46. The molecule has 1 spiro atoms. The molecular formula is C19H18N4O2S. The average Bonchev–Trinajstić information content (AvgIpc) is 3.29. The molecule has 2 aliphatic rings. The largest absolute Gasteiger partial charge is 0.325 e.